The van der Waals surface area contributed by atoms with Crippen LogP contribution in [0.25, 0.3) is 0 Å². The molecule has 0 aromatic carbocycles. The van der Waals surface area contributed by atoms with Crippen LogP contribution in [0.2, 0.25) is 0 Å². The molecule has 2 aliphatic carbocycles. The summed E-state index contributed by atoms with van der Waals surface area (Å²) in [7, 11) is 0. The van der Waals surface area contributed by atoms with Crippen LogP contribution in [0, 0.1) is 11.8 Å². The molecule has 1 N–H and O–H groups in total. The minimum atomic E-state index is -0.668. The van der Waals surface area contributed by atoms with Crippen molar-refractivity contribution in [2.45, 2.75) is 32.1 Å². The van der Waals surface area contributed by atoms with Crippen LogP contribution in [0.15, 0.2) is 11.6 Å². The van der Waals surface area contributed by atoms with E-state index in [4.69, 9.17) is 5.11 Å². The Balaban J connectivity index is 1.89. The van der Waals surface area contributed by atoms with Crippen molar-refractivity contribution in [2.24, 2.45) is 11.8 Å². The molecule has 2 atom stereocenters. The van der Waals surface area contributed by atoms with Crippen LogP contribution in [0.4, 0.5) is 0 Å². The third-order valence-corrected chi connectivity index (χ3v) is 3.07. The van der Waals surface area contributed by atoms with E-state index in [1.54, 1.807) is 0 Å². The van der Waals surface area contributed by atoms with Crippen LogP contribution >= 0.6 is 0 Å². The molecule has 1 saturated carbocycles. The third kappa shape index (κ3) is 1.38. The smallest absolute Gasteiger partial charge is 0.303 e. The predicted octanol–water partition coefficient (Wildman–Crippen LogP) is 2.21. The van der Waals surface area contributed by atoms with Crippen molar-refractivity contribution in [3.05, 3.63) is 11.6 Å². The predicted molar refractivity (Wildman–Crippen MR) is 45.8 cm³/mol. The number of aliphatic carboxylic acids is 1. The highest BCUT2D eigenvalue weighted by Gasteiger charge is 2.32. The van der Waals surface area contributed by atoms with Gasteiger partial charge in [-0.1, -0.05) is 11.6 Å². The second-order valence-electron chi connectivity index (χ2n) is 3.91. The normalized spacial score (nSPS) is 32.2. The maximum Gasteiger partial charge on any atom is 0.303 e. The lowest BCUT2D eigenvalue weighted by Gasteiger charge is -2.11. The molecule has 2 bridgehead atoms. The minimum Gasteiger partial charge on any atom is -0.481 e. The van der Waals surface area contributed by atoms with Gasteiger partial charge in [0.25, 0.3) is 0 Å². The number of carbonyl (C=O) groups is 1. The Morgan fingerprint density at radius 3 is 2.92 bits per heavy atom. The van der Waals surface area contributed by atoms with Crippen molar-refractivity contribution in [2.75, 3.05) is 0 Å². The van der Waals surface area contributed by atoms with Crippen molar-refractivity contribution in [3.63, 3.8) is 0 Å². The van der Waals surface area contributed by atoms with Crippen molar-refractivity contribution in [3.8, 4) is 0 Å². The van der Waals surface area contributed by atoms with Gasteiger partial charge in [-0.25, -0.2) is 0 Å². The first-order valence-electron chi connectivity index (χ1n) is 4.68. The first kappa shape index (κ1) is 7.84. The summed E-state index contributed by atoms with van der Waals surface area (Å²) in [6.07, 6.45) is 7.36. The van der Waals surface area contributed by atoms with Crippen molar-refractivity contribution < 1.29 is 9.90 Å². The Bertz CT molecular complexity index is 230. The zero-order valence-corrected chi connectivity index (χ0v) is 7.12. The van der Waals surface area contributed by atoms with Gasteiger partial charge in [0.2, 0.25) is 0 Å². The number of carboxylic acid groups (broad SMARTS) is 1. The summed E-state index contributed by atoms with van der Waals surface area (Å²) < 4.78 is 0. The number of carboxylic acids is 1. The van der Waals surface area contributed by atoms with Gasteiger partial charge >= 0.3 is 5.97 Å². The van der Waals surface area contributed by atoms with Gasteiger partial charge in [0.1, 0.15) is 0 Å². The fourth-order valence-electron chi connectivity index (χ4n) is 2.48. The highest BCUT2D eigenvalue weighted by atomic mass is 16.4. The standard InChI is InChI=1S/C10H14O2/c11-10(12)4-3-9-6-7-1-2-8(9)5-7/h6-8H,1-5H2,(H,11,12). The first-order chi connectivity index (χ1) is 5.75. The highest BCUT2D eigenvalue weighted by molar-refractivity contribution is 5.67. The minimum absolute atomic E-state index is 0.315. The summed E-state index contributed by atoms with van der Waals surface area (Å²) in [4.78, 5) is 10.3. The SMILES string of the molecule is O=C(O)CCC1=CC2CCC1C2. The van der Waals surface area contributed by atoms with E-state index in [0.29, 0.717) is 6.42 Å². The molecule has 2 heteroatoms. The molecule has 2 aliphatic rings. The topological polar surface area (TPSA) is 37.3 Å². The maximum atomic E-state index is 10.3. The molecule has 0 aromatic rings. The number of fused-ring (bicyclic) bond motifs is 2. The summed E-state index contributed by atoms with van der Waals surface area (Å²) >= 11 is 0. The second-order valence-corrected chi connectivity index (χ2v) is 3.91. The molecule has 0 aromatic heterocycles. The largest absolute Gasteiger partial charge is 0.481 e. The van der Waals surface area contributed by atoms with E-state index >= 15 is 0 Å². The van der Waals surface area contributed by atoms with Gasteiger partial charge in [0.15, 0.2) is 0 Å². The number of allylic oxidation sites excluding steroid dienone is 2. The molecule has 0 radical (unpaired) electrons. The van der Waals surface area contributed by atoms with Gasteiger partial charge in [-0.15, -0.1) is 0 Å². The number of hydrogen-bond acceptors (Lipinski definition) is 1. The lowest BCUT2D eigenvalue weighted by atomic mass is 9.95. The van der Waals surface area contributed by atoms with Crippen LogP contribution in [0.5, 0.6) is 0 Å². The molecule has 1 fully saturated rings. The molecule has 2 unspecified atom stereocenters. The van der Waals surface area contributed by atoms with Crippen molar-refractivity contribution in [1.29, 1.82) is 0 Å². The van der Waals surface area contributed by atoms with Crippen LogP contribution in [-0.4, -0.2) is 11.1 Å². The highest BCUT2D eigenvalue weighted by Crippen LogP contribution is 2.45. The molecular formula is C10H14O2. The van der Waals surface area contributed by atoms with E-state index < -0.39 is 5.97 Å². The van der Waals surface area contributed by atoms with E-state index in [9.17, 15) is 4.79 Å². The van der Waals surface area contributed by atoms with E-state index in [-0.39, 0.29) is 0 Å². The van der Waals surface area contributed by atoms with Gasteiger partial charge in [0.05, 0.1) is 0 Å². The van der Waals surface area contributed by atoms with Crippen LogP contribution in [0.3, 0.4) is 0 Å². The average Bonchev–Trinajstić information content (AvgIpc) is 2.60. The Morgan fingerprint density at radius 1 is 1.58 bits per heavy atom. The molecular weight excluding hydrogens is 152 g/mol. The quantitative estimate of drug-likeness (QED) is 0.652. The molecule has 0 spiro atoms. The van der Waals surface area contributed by atoms with Crippen molar-refractivity contribution in [1.82, 2.24) is 0 Å². The lowest BCUT2D eigenvalue weighted by Crippen LogP contribution is -2.01. The van der Waals surface area contributed by atoms with Gasteiger partial charge in [-0.3, -0.25) is 4.79 Å². The van der Waals surface area contributed by atoms with E-state index in [1.807, 2.05) is 0 Å². The summed E-state index contributed by atoms with van der Waals surface area (Å²) in [5, 5.41) is 8.52. The maximum absolute atomic E-state index is 10.3. The molecule has 0 heterocycles. The Hall–Kier alpha value is -0.790. The first-order valence-corrected chi connectivity index (χ1v) is 4.68. The zero-order chi connectivity index (χ0) is 8.55. The molecule has 66 valence electrons. The molecule has 0 amide bonds. The van der Waals surface area contributed by atoms with Crippen LogP contribution < -0.4 is 0 Å². The third-order valence-electron chi connectivity index (χ3n) is 3.07. The fraction of sp³-hybridized carbons (Fsp3) is 0.700. The number of hydrogen-bond donors (Lipinski definition) is 1. The zero-order valence-electron chi connectivity index (χ0n) is 7.12. The molecule has 0 saturated heterocycles. The van der Waals surface area contributed by atoms with Gasteiger partial charge in [0, 0.05) is 6.42 Å². The molecule has 2 nitrogen and oxygen atoms in total. The summed E-state index contributed by atoms with van der Waals surface area (Å²) in [5.74, 6) is 0.867. The number of rotatable bonds is 3. The summed E-state index contributed by atoms with van der Waals surface area (Å²) in [6.45, 7) is 0. The lowest BCUT2D eigenvalue weighted by molar-refractivity contribution is -0.136. The Kier molecular flexibility index (Phi) is 1.91. The fourth-order valence-corrected chi connectivity index (χ4v) is 2.48. The Labute approximate surface area is 72.3 Å². The van der Waals surface area contributed by atoms with Gasteiger partial charge in [-0.2, -0.15) is 0 Å². The van der Waals surface area contributed by atoms with Gasteiger partial charge < -0.3 is 5.11 Å². The summed E-state index contributed by atoms with van der Waals surface area (Å²) in [6, 6.07) is 0. The van der Waals surface area contributed by atoms with Crippen LogP contribution in [-0.2, 0) is 4.79 Å². The summed E-state index contributed by atoms with van der Waals surface area (Å²) in [5.41, 5.74) is 1.42. The van der Waals surface area contributed by atoms with Gasteiger partial charge in [-0.05, 0) is 37.5 Å². The molecule has 0 aliphatic heterocycles. The van der Waals surface area contributed by atoms with Crippen molar-refractivity contribution >= 4 is 5.97 Å². The molecule has 2 rings (SSSR count). The van der Waals surface area contributed by atoms with Crippen LogP contribution in [0.1, 0.15) is 32.1 Å². The second kappa shape index (κ2) is 2.92. The van der Waals surface area contributed by atoms with E-state index in [1.165, 1.54) is 24.8 Å². The monoisotopic (exact) mass is 166 g/mol. The Morgan fingerprint density at radius 2 is 2.42 bits per heavy atom. The molecule has 12 heavy (non-hydrogen) atoms. The average molecular weight is 166 g/mol. The van der Waals surface area contributed by atoms with E-state index in [0.717, 1.165) is 18.3 Å². The van der Waals surface area contributed by atoms with E-state index in [2.05, 4.69) is 6.08 Å².